The molecule has 2 aliphatic rings. The van der Waals surface area contributed by atoms with Gasteiger partial charge >= 0.3 is 12.3 Å². The van der Waals surface area contributed by atoms with E-state index in [2.05, 4.69) is 10.3 Å². The minimum absolute atomic E-state index is 0.0257. The number of pyridine rings is 1. The summed E-state index contributed by atoms with van der Waals surface area (Å²) < 4.78 is 46.9. The Balaban J connectivity index is 1.50. The highest BCUT2D eigenvalue weighted by Crippen LogP contribution is 2.40. The lowest BCUT2D eigenvalue weighted by molar-refractivity contribution is -0.136. The highest BCUT2D eigenvalue weighted by molar-refractivity contribution is 7.17. The largest absolute Gasteiger partial charge is 0.446 e. The van der Waals surface area contributed by atoms with E-state index in [4.69, 9.17) is 4.74 Å². The minimum atomic E-state index is -4.60. The molecule has 2 saturated heterocycles. The number of halogens is 3. The Morgan fingerprint density at radius 1 is 1.29 bits per heavy atom. The predicted molar refractivity (Wildman–Crippen MR) is 121 cm³/mol. The van der Waals surface area contributed by atoms with Gasteiger partial charge in [0, 0.05) is 44.9 Å². The number of fused-ring (bicyclic) bond motifs is 1. The van der Waals surface area contributed by atoms with Crippen LogP contribution in [-0.4, -0.2) is 71.4 Å². The summed E-state index contributed by atoms with van der Waals surface area (Å²) >= 11 is 0.844. The van der Waals surface area contributed by atoms with E-state index in [-0.39, 0.29) is 33.7 Å². The Hall–Kier alpha value is -2.60. The zero-order valence-electron chi connectivity index (χ0n) is 19.1. The Bertz CT molecular complexity index is 1100. The number of ether oxygens (including phenoxy) is 1. The van der Waals surface area contributed by atoms with E-state index in [1.165, 1.54) is 17.3 Å². The van der Waals surface area contributed by atoms with E-state index in [9.17, 15) is 27.9 Å². The number of alkyl halides is 3. The van der Waals surface area contributed by atoms with Crippen LogP contribution < -0.4 is 10.2 Å². The summed E-state index contributed by atoms with van der Waals surface area (Å²) in [6, 6.07) is 0.657. The van der Waals surface area contributed by atoms with Gasteiger partial charge in [0.15, 0.2) is 0 Å². The summed E-state index contributed by atoms with van der Waals surface area (Å²) in [7, 11) is 1.41. The maximum absolute atomic E-state index is 13.8. The van der Waals surface area contributed by atoms with Gasteiger partial charge < -0.3 is 25.0 Å². The third-order valence-corrected chi connectivity index (χ3v) is 7.78. The number of nitrogens with zero attached hydrogens (tertiary/aromatic N) is 3. The fourth-order valence-electron chi connectivity index (χ4n) is 4.41. The van der Waals surface area contributed by atoms with Crippen LogP contribution in [-0.2, 0) is 10.9 Å². The fraction of sp³-hybridized carbons (Fsp3) is 0.591. The standard InChI is InChI=1S/C22H27F3N4O4S/c1-12-21(2,32)6-9-29(12)20(31)33-13-4-7-28(8-5-13)16-10-15(22(23,24)25)18-17(27-16)14(11-34-18)19(30)26-3/h10-13,32H,4-9H2,1-3H3,(H,26,30)/t12-,21-/m0/s1. The summed E-state index contributed by atoms with van der Waals surface area (Å²) in [5.74, 6) is -0.359. The summed E-state index contributed by atoms with van der Waals surface area (Å²) in [6.07, 6.45) is -4.14. The molecule has 2 amide bonds. The van der Waals surface area contributed by atoms with E-state index in [1.807, 2.05) is 0 Å². The van der Waals surface area contributed by atoms with Gasteiger partial charge in [-0.3, -0.25) is 4.79 Å². The molecule has 4 heterocycles. The zero-order valence-corrected chi connectivity index (χ0v) is 19.9. The molecule has 186 valence electrons. The van der Waals surface area contributed by atoms with Crippen LogP contribution in [0.3, 0.4) is 0 Å². The molecule has 0 spiro atoms. The maximum Gasteiger partial charge on any atom is 0.417 e. The van der Waals surface area contributed by atoms with E-state index in [1.54, 1.807) is 18.7 Å². The number of carbonyl (C=O) groups excluding carboxylic acids is 2. The molecule has 2 aromatic rings. The number of thiophene rings is 1. The van der Waals surface area contributed by atoms with E-state index >= 15 is 0 Å². The van der Waals surface area contributed by atoms with Crippen molar-refractivity contribution in [2.75, 3.05) is 31.6 Å². The molecule has 0 aliphatic carbocycles. The average molecular weight is 501 g/mol. The highest BCUT2D eigenvalue weighted by Gasteiger charge is 2.43. The van der Waals surface area contributed by atoms with Crippen LogP contribution in [0, 0.1) is 0 Å². The molecule has 2 fully saturated rings. The van der Waals surface area contributed by atoms with Crippen LogP contribution >= 0.6 is 11.3 Å². The zero-order chi connectivity index (χ0) is 24.8. The molecule has 0 radical (unpaired) electrons. The number of anilines is 1. The molecule has 0 aromatic carbocycles. The summed E-state index contributed by atoms with van der Waals surface area (Å²) in [5, 5.41) is 14.1. The topological polar surface area (TPSA) is 95.0 Å². The van der Waals surface area contributed by atoms with Gasteiger partial charge in [0.05, 0.1) is 33.0 Å². The highest BCUT2D eigenvalue weighted by atomic mass is 32.1. The molecular formula is C22H27F3N4O4S. The lowest BCUT2D eigenvalue weighted by atomic mass is 9.99. The minimum Gasteiger partial charge on any atom is -0.446 e. The van der Waals surface area contributed by atoms with Gasteiger partial charge in [-0.15, -0.1) is 11.3 Å². The first-order valence-electron chi connectivity index (χ1n) is 11.1. The van der Waals surface area contributed by atoms with Crippen molar-refractivity contribution in [2.24, 2.45) is 0 Å². The van der Waals surface area contributed by atoms with Crippen molar-refractivity contribution < 1.29 is 32.6 Å². The van der Waals surface area contributed by atoms with Crippen LogP contribution in [0.2, 0.25) is 0 Å². The van der Waals surface area contributed by atoms with Crippen LogP contribution in [0.15, 0.2) is 11.4 Å². The molecule has 2 aromatic heterocycles. The second-order valence-electron chi connectivity index (χ2n) is 8.98. The SMILES string of the molecule is CNC(=O)c1csc2c(C(F)(F)F)cc(N3CCC(OC(=O)N4CC[C@](C)(O)[C@@H]4C)CC3)nc12. The second kappa shape index (κ2) is 8.88. The molecule has 2 N–H and O–H groups in total. The predicted octanol–water partition coefficient (Wildman–Crippen LogP) is 3.63. The van der Waals surface area contributed by atoms with E-state index < -0.39 is 29.3 Å². The third-order valence-electron chi connectivity index (χ3n) is 6.78. The van der Waals surface area contributed by atoms with Crippen molar-refractivity contribution in [1.82, 2.24) is 15.2 Å². The number of hydrogen-bond donors (Lipinski definition) is 2. The van der Waals surface area contributed by atoms with Crippen LogP contribution in [0.1, 0.15) is 49.0 Å². The first-order chi connectivity index (χ1) is 15.9. The van der Waals surface area contributed by atoms with Crippen molar-refractivity contribution in [3.05, 3.63) is 22.6 Å². The second-order valence-corrected chi connectivity index (χ2v) is 9.86. The Morgan fingerprint density at radius 3 is 2.53 bits per heavy atom. The van der Waals surface area contributed by atoms with Crippen molar-refractivity contribution in [3.8, 4) is 0 Å². The number of aromatic nitrogens is 1. The van der Waals surface area contributed by atoms with Crippen molar-refractivity contribution >= 4 is 39.4 Å². The molecule has 8 nitrogen and oxygen atoms in total. The Morgan fingerprint density at radius 2 is 1.97 bits per heavy atom. The Kier molecular flexibility index (Phi) is 6.40. The molecular weight excluding hydrogens is 473 g/mol. The van der Waals surface area contributed by atoms with Gasteiger partial charge in [0.25, 0.3) is 5.91 Å². The summed E-state index contributed by atoms with van der Waals surface area (Å²) in [4.78, 5) is 32.4. The third kappa shape index (κ3) is 4.52. The molecule has 0 bridgehead atoms. The van der Waals surface area contributed by atoms with Crippen molar-refractivity contribution in [2.45, 2.75) is 57.0 Å². The Labute approximate surface area is 198 Å². The number of aliphatic hydroxyl groups is 1. The van der Waals surface area contributed by atoms with Gasteiger partial charge in [-0.1, -0.05) is 0 Å². The number of amides is 2. The molecule has 0 saturated carbocycles. The number of carbonyl (C=O) groups is 2. The molecule has 12 heteroatoms. The molecule has 34 heavy (non-hydrogen) atoms. The van der Waals surface area contributed by atoms with Gasteiger partial charge in [0.1, 0.15) is 11.9 Å². The number of hydrogen-bond acceptors (Lipinski definition) is 7. The van der Waals surface area contributed by atoms with Crippen LogP contribution in [0.4, 0.5) is 23.8 Å². The van der Waals surface area contributed by atoms with E-state index in [0.29, 0.717) is 38.9 Å². The van der Waals surface area contributed by atoms with Gasteiger partial charge in [-0.05, 0) is 26.3 Å². The summed E-state index contributed by atoms with van der Waals surface area (Å²) in [6.45, 7) is 4.56. The van der Waals surface area contributed by atoms with E-state index in [0.717, 1.165) is 17.4 Å². The molecule has 0 unspecified atom stereocenters. The lowest BCUT2D eigenvalue weighted by Crippen LogP contribution is -2.45. The average Bonchev–Trinajstić information content (AvgIpc) is 3.32. The van der Waals surface area contributed by atoms with Gasteiger partial charge in [-0.25, -0.2) is 9.78 Å². The normalized spacial score (nSPS) is 24.0. The van der Waals surface area contributed by atoms with Crippen molar-refractivity contribution in [3.63, 3.8) is 0 Å². The maximum atomic E-state index is 13.8. The number of likely N-dealkylation sites (tertiary alicyclic amines) is 1. The van der Waals surface area contributed by atoms with Crippen LogP contribution in [0.5, 0.6) is 0 Å². The number of nitrogens with one attached hydrogen (secondary N) is 1. The van der Waals surface area contributed by atoms with Crippen LogP contribution in [0.25, 0.3) is 10.2 Å². The monoisotopic (exact) mass is 500 g/mol. The van der Waals surface area contributed by atoms with Gasteiger partial charge in [-0.2, -0.15) is 13.2 Å². The smallest absolute Gasteiger partial charge is 0.417 e. The lowest BCUT2D eigenvalue weighted by Gasteiger charge is -2.34. The number of piperidine rings is 1. The molecule has 2 aliphatic heterocycles. The molecule has 2 atom stereocenters. The summed E-state index contributed by atoms with van der Waals surface area (Å²) in [5.41, 5.74) is -1.65. The first-order valence-corrected chi connectivity index (χ1v) is 12.0. The van der Waals surface area contributed by atoms with Crippen molar-refractivity contribution in [1.29, 1.82) is 0 Å². The molecule has 4 rings (SSSR count). The first kappa shape index (κ1) is 24.5. The number of rotatable bonds is 3. The fourth-order valence-corrected chi connectivity index (χ4v) is 5.43. The quantitative estimate of drug-likeness (QED) is 0.669. The van der Waals surface area contributed by atoms with Gasteiger partial charge in [0.2, 0.25) is 0 Å².